The molecule has 3 heteroatoms. The highest BCUT2D eigenvalue weighted by molar-refractivity contribution is 7.12. The van der Waals surface area contributed by atoms with E-state index in [0.717, 1.165) is 11.4 Å². The molecule has 1 aromatic rings. The maximum atomic E-state index is 10.9. The van der Waals surface area contributed by atoms with Gasteiger partial charge in [0.1, 0.15) is 0 Å². The summed E-state index contributed by atoms with van der Waals surface area (Å²) in [4.78, 5) is 13.9. The fourth-order valence-electron chi connectivity index (χ4n) is 1.01. The van der Waals surface area contributed by atoms with E-state index >= 15 is 0 Å². The van der Waals surface area contributed by atoms with E-state index in [-0.39, 0.29) is 5.78 Å². The molecule has 0 N–H and O–H groups in total. The zero-order valence-corrected chi connectivity index (χ0v) is 8.44. The van der Waals surface area contributed by atoms with Crippen molar-refractivity contribution in [2.75, 3.05) is 14.1 Å². The molecule has 0 amide bonds. The summed E-state index contributed by atoms with van der Waals surface area (Å²) in [6.07, 6.45) is 0. The van der Waals surface area contributed by atoms with Gasteiger partial charge < -0.3 is 4.90 Å². The van der Waals surface area contributed by atoms with Crippen LogP contribution in [0.5, 0.6) is 0 Å². The van der Waals surface area contributed by atoms with Crippen LogP contribution in [0, 0.1) is 0 Å². The number of hydrogen-bond donors (Lipinski definition) is 0. The second-order valence-corrected chi connectivity index (χ2v) is 4.02. The Hall–Kier alpha value is -0.670. The predicted molar refractivity (Wildman–Crippen MR) is 51.7 cm³/mol. The highest BCUT2D eigenvalue weighted by Crippen LogP contribution is 2.15. The first-order valence-corrected chi connectivity index (χ1v) is 4.70. The van der Waals surface area contributed by atoms with Gasteiger partial charge in [0.05, 0.1) is 4.88 Å². The van der Waals surface area contributed by atoms with Gasteiger partial charge in [-0.1, -0.05) is 0 Å². The molecule has 1 aromatic heterocycles. The third-order valence-corrected chi connectivity index (χ3v) is 2.58. The number of hydrogen-bond acceptors (Lipinski definition) is 3. The number of carbonyl (C=O) groups is 1. The van der Waals surface area contributed by atoms with Crippen molar-refractivity contribution in [1.82, 2.24) is 4.90 Å². The second kappa shape index (κ2) is 3.83. The van der Waals surface area contributed by atoms with Crippen molar-refractivity contribution < 1.29 is 4.79 Å². The lowest BCUT2D eigenvalue weighted by atomic mass is 10.2. The molecule has 0 saturated carbocycles. The van der Waals surface area contributed by atoms with E-state index in [1.807, 2.05) is 25.5 Å². The summed E-state index contributed by atoms with van der Waals surface area (Å²) in [7, 11) is 4.04. The molecule has 0 aliphatic rings. The van der Waals surface area contributed by atoms with E-state index < -0.39 is 0 Å². The van der Waals surface area contributed by atoms with Crippen LogP contribution in [0.3, 0.4) is 0 Å². The third-order valence-electron chi connectivity index (χ3n) is 1.50. The summed E-state index contributed by atoms with van der Waals surface area (Å²) in [6.45, 7) is 2.51. The lowest BCUT2D eigenvalue weighted by molar-refractivity contribution is 0.102. The summed E-state index contributed by atoms with van der Waals surface area (Å²) in [5.74, 6) is 0.157. The van der Waals surface area contributed by atoms with Gasteiger partial charge >= 0.3 is 0 Å². The van der Waals surface area contributed by atoms with Crippen LogP contribution in [0.4, 0.5) is 0 Å². The fourth-order valence-corrected chi connectivity index (χ4v) is 1.81. The molecular weight excluding hydrogens is 170 g/mol. The number of ketones is 1. The van der Waals surface area contributed by atoms with E-state index in [1.165, 1.54) is 16.9 Å². The molecular formula is C9H13NOS. The first-order valence-electron chi connectivity index (χ1n) is 3.82. The zero-order chi connectivity index (χ0) is 9.14. The van der Waals surface area contributed by atoms with Crippen LogP contribution >= 0.6 is 11.3 Å². The van der Waals surface area contributed by atoms with Crippen molar-refractivity contribution >= 4 is 17.1 Å². The molecule has 1 heterocycles. The molecule has 0 saturated heterocycles. The minimum absolute atomic E-state index is 0.157. The van der Waals surface area contributed by atoms with Gasteiger partial charge in [0.25, 0.3) is 0 Å². The molecule has 0 spiro atoms. The van der Waals surface area contributed by atoms with Gasteiger partial charge in [-0.3, -0.25) is 4.79 Å². The SMILES string of the molecule is CC(=O)c1cc(CN(C)C)cs1. The average Bonchev–Trinajstić information content (AvgIpc) is 2.34. The second-order valence-electron chi connectivity index (χ2n) is 3.11. The Kier molecular flexibility index (Phi) is 3.00. The lowest BCUT2D eigenvalue weighted by Crippen LogP contribution is -2.09. The van der Waals surface area contributed by atoms with Crippen LogP contribution in [-0.2, 0) is 6.54 Å². The van der Waals surface area contributed by atoms with Crippen molar-refractivity contribution in [2.24, 2.45) is 0 Å². The molecule has 0 atom stereocenters. The predicted octanol–water partition coefficient (Wildman–Crippen LogP) is 2.01. The van der Waals surface area contributed by atoms with Crippen LogP contribution in [0.25, 0.3) is 0 Å². The maximum Gasteiger partial charge on any atom is 0.169 e. The molecule has 2 nitrogen and oxygen atoms in total. The van der Waals surface area contributed by atoms with E-state index in [4.69, 9.17) is 0 Å². The van der Waals surface area contributed by atoms with Crippen LogP contribution in [0.1, 0.15) is 22.2 Å². The number of thiophene rings is 1. The Morgan fingerprint density at radius 1 is 1.58 bits per heavy atom. The first-order chi connectivity index (χ1) is 5.59. The molecule has 0 bridgehead atoms. The normalized spacial score (nSPS) is 10.7. The summed E-state index contributed by atoms with van der Waals surface area (Å²) < 4.78 is 0. The molecule has 0 fully saturated rings. The van der Waals surface area contributed by atoms with E-state index in [2.05, 4.69) is 4.90 Å². The summed E-state index contributed by atoms with van der Waals surface area (Å²) >= 11 is 1.52. The summed E-state index contributed by atoms with van der Waals surface area (Å²) in [6, 6.07) is 1.97. The molecule has 0 aromatic carbocycles. The van der Waals surface area contributed by atoms with Crippen molar-refractivity contribution in [3.05, 3.63) is 21.9 Å². The van der Waals surface area contributed by atoms with Gasteiger partial charge in [-0.15, -0.1) is 11.3 Å². The van der Waals surface area contributed by atoms with Gasteiger partial charge in [0, 0.05) is 6.54 Å². The van der Waals surface area contributed by atoms with Gasteiger partial charge in [-0.05, 0) is 38.0 Å². The minimum atomic E-state index is 0.157. The first kappa shape index (κ1) is 9.42. The Balaban J connectivity index is 2.71. The van der Waals surface area contributed by atoms with E-state index in [0.29, 0.717) is 0 Å². The molecule has 12 heavy (non-hydrogen) atoms. The van der Waals surface area contributed by atoms with Crippen LogP contribution in [-0.4, -0.2) is 24.8 Å². The number of rotatable bonds is 3. The van der Waals surface area contributed by atoms with Gasteiger partial charge in [-0.2, -0.15) is 0 Å². The Labute approximate surface area is 76.8 Å². The zero-order valence-electron chi connectivity index (χ0n) is 7.63. The lowest BCUT2D eigenvalue weighted by Gasteiger charge is -2.06. The highest BCUT2D eigenvalue weighted by atomic mass is 32.1. The topological polar surface area (TPSA) is 20.3 Å². The number of carbonyl (C=O) groups excluding carboxylic acids is 1. The summed E-state index contributed by atoms with van der Waals surface area (Å²) in [5, 5.41) is 2.04. The highest BCUT2D eigenvalue weighted by Gasteiger charge is 2.03. The van der Waals surface area contributed by atoms with Gasteiger partial charge in [0.15, 0.2) is 5.78 Å². The smallest absolute Gasteiger partial charge is 0.169 e. The largest absolute Gasteiger partial charge is 0.305 e. The molecule has 0 unspecified atom stereocenters. The average molecular weight is 183 g/mol. The molecule has 66 valence electrons. The van der Waals surface area contributed by atoms with E-state index in [9.17, 15) is 4.79 Å². The van der Waals surface area contributed by atoms with Crippen molar-refractivity contribution in [3.63, 3.8) is 0 Å². The van der Waals surface area contributed by atoms with Crippen molar-refractivity contribution in [2.45, 2.75) is 13.5 Å². The van der Waals surface area contributed by atoms with Crippen molar-refractivity contribution in [3.8, 4) is 0 Å². The molecule has 0 radical (unpaired) electrons. The molecule has 0 aliphatic carbocycles. The van der Waals surface area contributed by atoms with E-state index in [1.54, 1.807) is 6.92 Å². The monoisotopic (exact) mass is 183 g/mol. The van der Waals surface area contributed by atoms with Crippen LogP contribution in [0.2, 0.25) is 0 Å². The quantitative estimate of drug-likeness (QED) is 0.668. The van der Waals surface area contributed by atoms with Gasteiger partial charge in [0.2, 0.25) is 0 Å². The molecule has 0 aliphatic heterocycles. The Morgan fingerprint density at radius 3 is 2.67 bits per heavy atom. The van der Waals surface area contributed by atoms with Crippen molar-refractivity contribution in [1.29, 1.82) is 0 Å². The maximum absolute atomic E-state index is 10.9. The fraction of sp³-hybridized carbons (Fsp3) is 0.444. The van der Waals surface area contributed by atoms with Crippen LogP contribution in [0.15, 0.2) is 11.4 Å². The Morgan fingerprint density at radius 2 is 2.25 bits per heavy atom. The van der Waals surface area contributed by atoms with Crippen LogP contribution < -0.4 is 0 Å². The number of Topliss-reactive ketones (excluding diaryl/α,β-unsaturated/α-hetero) is 1. The Bertz CT molecular complexity index is 278. The standard InChI is InChI=1S/C9H13NOS/c1-7(11)9-4-8(6-12-9)5-10(2)3/h4,6H,5H2,1-3H3. The minimum Gasteiger partial charge on any atom is -0.305 e. The molecule has 1 rings (SSSR count). The van der Waals surface area contributed by atoms with Gasteiger partial charge in [-0.25, -0.2) is 0 Å². The number of nitrogens with zero attached hydrogens (tertiary/aromatic N) is 1. The third kappa shape index (κ3) is 2.43. The summed E-state index contributed by atoms with van der Waals surface area (Å²) in [5.41, 5.74) is 1.22.